The number of nitrogens with zero attached hydrogens (tertiary/aromatic N) is 4. The number of aromatic nitrogens is 2. The van der Waals surface area contributed by atoms with E-state index in [4.69, 9.17) is 4.42 Å². The van der Waals surface area contributed by atoms with E-state index in [-0.39, 0.29) is 0 Å². The Labute approximate surface area is 167 Å². The highest BCUT2D eigenvalue weighted by molar-refractivity contribution is 5.51. The molecule has 2 aromatic carbocycles. The summed E-state index contributed by atoms with van der Waals surface area (Å²) < 4.78 is 5.85. The van der Waals surface area contributed by atoms with Crippen LogP contribution in [0.4, 0.5) is 0 Å². The molecule has 0 spiro atoms. The average Bonchev–Trinajstić information content (AvgIpc) is 3.19. The molecule has 0 bridgehead atoms. The lowest BCUT2D eigenvalue weighted by atomic mass is 10.0. The van der Waals surface area contributed by atoms with Crippen LogP contribution in [0.1, 0.15) is 36.8 Å². The van der Waals surface area contributed by atoms with E-state index in [9.17, 15) is 0 Å². The molecule has 1 aliphatic heterocycles. The fraction of sp³-hybridized carbons (Fsp3) is 0.391. The second-order valence-electron chi connectivity index (χ2n) is 7.82. The first kappa shape index (κ1) is 18.8. The maximum absolute atomic E-state index is 5.85. The zero-order valence-corrected chi connectivity index (χ0v) is 16.7. The molecule has 5 nitrogen and oxygen atoms in total. The van der Waals surface area contributed by atoms with E-state index in [0.29, 0.717) is 17.7 Å². The molecular formula is C23H28N4O. The van der Waals surface area contributed by atoms with E-state index in [1.165, 1.54) is 11.1 Å². The van der Waals surface area contributed by atoms with E-state index in [0.717, 1.165) is 44.8 Å². The van der Waals surface area contributed by atoms with Crippen LogP contribution < -0.4 is 0 Å². The summed E-state index contributed by atoms with van der Waals surface area (Å²) in [4.78, 5) is 4.91. The van der Waals surface area contributed by atoms with Crippen molar-refractivity contribution in [3.63, 3.8) is 0 Å². The van der Waals surface area contributed by atoms with Crippen LogP contribution in [0.2, 0.25) is 0 Å². The Kier molecular flexibility index (Phi) is 5.84. The van der Waals surface area contributed by atoms with Gasteiger partial charge < -0.3 is 4.42 Å². The summed E-state index contributed by atoms with van der Waals surface area (Å²) in [5.74, 6) is 1.88. The molecule has 0 N–H and O–H groups in total. The Bertz CT molecular complexity index is 865. The van der Waals surface area contributed by atoms with Gasteiger partial charge in [0, 0.05) is 38.3 Å². The summed E-state index contributed by atoms with van der Waals surface area (Å²) in [6, 6.07) is 19.0. The lowest BCUT2D eigenvalue weighted by Gasteiger charge is -2.34. The Morgan fingerprint density at radius 2 is 1.46 bits per heavy atom. The topological polar surface area (TPSA) is 45.4 Å². The highest BCUT2D eigenvalue weighted by Gasteiger charge is 2.19. The van der Waals surface area contributed by atoms with Crippen LogP contribution in [0.5, 0.6) is 0 Å². The predicted molar refractivity (Wildman–Crippen MR) is 111 cm³/mol. The van der Waals surface area contributed by atoms with Gasteiger partial charge in [-0.1, -0.05) is 56.3 Å². The molecule has 2 heterocycles. The second-order valence-corrected chi connectivity index (χ2v) is 7.82. The second kappa shape index (κ2) is 8.67. The Hall–Kier alpha value is -2.50. The smallest absolute Gasteiger partial charge is 0.247 e. The third kappa shape index (κ3) is 4.66. The molecule has 4 rings (SSSR count). The van der Waals surface area contributed by atoms with Crippen molar-refractivity contribution >= 4 is 0 Å². The number of piperazine rings is 1. The lowest BCUT2D eigenvalue weighted by Crippen LogP contribution is -2.45. The summed E-state index contributed by atoms with van der Waals surface area (Å²) in [5.41, 5.74) is 3.76. The maximum atomic E-state index is 5.85. The first-order valence-corrected chi connectivity index (χ1v) is 10.1. The van der Waals surface area contributed by atoms with Crippen molar-refractivity contribution in [1.29, 1.82) is 0 Å². The summed E-state index contributed by atoms with van der Waals surface area (Å²) >= 11 is 0. The molecule has 1 aromatic heterocycles. The molecule has 5 heteroatoms. The largest absolute Gasteiger partial charge is 0.419 e. The van der Waals surface area contributed by atoms with Crippen molar-refractivity contribution in [2.75, 3.05) is 26.2 Å². The highest BCUT2D eigenvalue weighted by atomic mass is 16.4. The molecular weight excluding hydrogens is 348 g/mol. The highest BCUT2D eigenvalue weighted by Crippen LogP contribution is 2.19. The lowest BCUT2D eigenvalue weighted by molar-refractivity contribution is 0.114. The van der Waals surface area contributed by atoms with Crippen LogP contribution >= 0.6 is 0 Å². The molecule has 1 saturated heterocycles. The molecule has 0 unspecified atom stereocenters. The molecule has 1 aliphatic rings. The van der Waals surface area contributed by atoms with Crippen molar-refractivity contribution in [3.8, 4) is 11.5 Å². The van der Waals surface area contributed by atoms with Gasteiger partial charge in [-0.25, -0.2) is 0 Å². The average molecular weight is 377 g/mol. The van der Waals surface area contributed by atoms with Crippen molar-refractivity contribution < 1.29 is 4.42 Å². The van der Waals surface area contributed by atoms with Crippen molar-refractivity contribution in [1.82, 2.24) is 20.0 Å². The monoisotopic (exact) mass is 376 g/mol. The summed E-state index contributed by atoms with van der Waals surface area (Å²) in [7, 11) is 0. The summed E-state index contributed by atoms with van der Waals surface area (Å²) in [5, 5.41) is 8.41. The summed E-state index contributed by atoms with van der Waals surface area (Å²) in [6.45, 7) is 10.4. The van der Waals surface area contributed by atoms with E-state index in [1.54, 1.807) is 0 Å². The molecule has 146 valence electrons. The molecule has 28 heavy (non-hydrogen) atoms. The quantitative estimate of drug-likeness (QED) is 0.646. The molecule has 0 amide bonds. The van der Waals surface area contributed by atoms with Crippen molar-refractivity contribution in [2.45, 2.75) is 32.9 Å². The maximum Gasteiger partial charge on any atom is 0.247 e. The molecule has 0 aliphatic carbocycles. The molecule has 0 radical (unpaired) electrons. The van der Waals surface area contributed by atoms with Crippen LogP contribution in [0.25, 0.3) is 11.5 Å². The van der Waals surface area contributed by atoms with Gasteiger partial charge in [0.1, 0.15) is 0 Å². The van der Waals surface area contributed by atoms with Crippen molar-refractivity contribution in [3.05, 3.63) is 71.6 Å². The fourth-order valence-corrected chi connectivity index (χ4v) is 3.58. The minimum atomic E-state index is 0.588. The SMILES string of the molecule is CC(C)c1ccc(CN2CCN(Cc3nnc(-c4ccccc4)o3)CC2)cc1. The van der Waals surface area contributed by atoms with Crippen LogP contribution in [0.3, 0.4) is 0 Å². The van der Waals surface area contributed by atoms with Crippen LogP contribution in [0.15, 0.2) is 59.0 Å². The van der Waals surface area contributed by atoms with Gasteiger partial charge in [-0.3, -0.25) is 9.80 Å². The van der Waals surface area contributed by atoms with Crippen molar-refractivity contribution in [2.24, 2.45) is 0 Å². The van der Waals surface area contributed by atoms with Crippen LogP contribution in [-0.2, 0) is 13.1 Å². The molecule has 1 fully saturated rings. The number of hydrogen-bond acceptors (Lipinski definition) is 5. The van der Waals surface area contributed by atoms with Gasteiger partial charge in [0.25, 0.3) is 0 Å². The first-order chi connectivity index (χ1) is 13.7. The predicted octanol–water partition coefficient (Wildman–Crippen LogP) is 4.18. The van der Waals surface area contributed by atoms with Gasteiger partial charge >= 0.3 is 0 Å². The van der Waals surface area contributed by atoms with Gasteiger partial charge in [0.15, 0.2) is 0 Å². The zero-order valence-electron chi connectivity index (χ0n) is 16.7. The Balaban J connectivity index is 1.27. The number of rotatable bonds is 6. The molecule has 3 aromatic rings. The Morgan fingerprint density at radius 3 is 2.11 bits per heavy atom. The van der Waals surface area contributed by atoms with Gasteiger partial charge in [-0.05, 0) is 29.2 Å². The van der Waals surface area contributed by atoms with Crippen LogP contribution in [-0.4, -0.2) is 46.2 Å². The third-order valence-corrected chi connectivity index (χ3v) is 5.36. The van der Waals surface area contributed by atoms with Crippen LogP contribution in [0, 0.1) is 0 Å². The minimum Gasteiger partial charge on any atom is -0.419 e. The number of benzene rings is 2. The number of hydrogen-bond donors (Lipinski definition) is 0. The van der Waals surface area contributed by atoms with E-state index in [1.807, 2.05) is 30.3 Å². The van der Waals surface area contributed by atoms with Gasteiger partial charge in [-0.2, -0.15) is 0 Å². The fourth-order valence-electron chi connectivity index (χ4n) is 3.58. The molecule has 0 saturated carbocycles. The first-order valence-electron chi connectivity index (χ1n) is 10.1. The van der Waals surface area contributed by atoms with Gasteiger partial charge in [-0.15, -0.1) is 10.2 Å². The van der Waals surface area contributed by atoms with E-state index < -0.39 is 0 Å². The zero-order chi connectivity index (χ0) is 19.3. The Morgan fingerprint density at radius 1 is 0.821 bits per heavy atom. The minimum absolute atomic E-state index is 0.588. The molecule has 0 atom stereocenters. The van der Waals surface area contributed by atoms with E-state index in [2.05, 4.69) is 58.1 Å². The third-order valence-electron chi connectivity index (χ3n) is 5.36. The van der Waals surface area contributed by atoms with E-state index >= 15 is 0 Å². The normalized spacial score (nSPS) is 16.0. The van der Waals surface area contributed by atoms with Gasteiger partial charge in [0.2, 0.25) is 11.8 Å². The standard InChI is InChI=1S/C23H28N4O/c1-18(2)20-10-8-19(9-11-20)16-26-12-14-27(15-13-26)17-22-24-25-23(28-22)21-6-4-3-5-7-21/h3-11,18H,12-17H2,1-2H3. The van der Waals surface area contributed by atoms with Gasteiger partial charge in [0.05, 0.1) is 6.54 Å². The summed E-state index contributed by atoms with van der Waals surface area (Å²) in [6.07, 6.45) is 0.